The van der Waals surface area contributed by atoms with E-state index in [9.17, 15) is 26.7 Å². The van der Waals surface area contributed by atoms with Crippen molar-refractivity contribution in [2.45, 2.75) is 31.2 Å². The Bertz CT molecular complexity index is 1020. The van der Waals surface area contributed by atoms with Gasteiger partial charge in [-0.05, 0) is 0 Å². The molecule has 2 aliphatic heterocycles. The van der Waals surface area contributed by atoms with Gasteiger partial charge in [0.2, 0.25) is 0 Å². The van der Waals surface area contributed by atoms with Crippen LogP contribution in [-0.4, -0.2) is 74.0 Å². The molecular weight excluding hydrogens is 465 g/mol. The summed E-state index contributed by atoms with van der Waals surface area (Å²) in [6, 6.07) is -2.34. The summed E-state index contributed by atoms with van der Waals surface area (Å²) in [7, 11) is -5.93. The summed E-state index contributed by atoms with van der Waals surface area (Å²) < 4.78 is 94.0. The Morgan fingerprint density at radius 2 is 1.72 bits per heavy atom. The summed E-state index contributed by atoms with van der Waals surface area (Å²) in [4.78, 5) is 12.7. The van der Waals surface area contributed by atoms with Crippen LogP contribution in [-0.2, 0) is 0 Å². The Hall–Kier alpha value is -2.28. The van der Waals surface area contributed by atoms with Crippen LogP contribution in [0.5, 0.6) is 0 Å². The van der Waals surface area contributed by atoms with Crippen molar-refractivity contribution in [3.05, 3.63) is 47.8 Å². The molecule has 32 heavy (non-hydrogen) atoms. The minimum absolute atomic E-state index is 0.0280. The van der Waals surface area contributed by atoms with E-state index in [-0.39, 0.29) is 33.6 Å². The molecule has 2 saturated heterocycles. The van der Waals surface area contributed by atoms with Crippen molar-refractivity contribution in [2.75, 3.05) is 20.6 Å². The number of aromatic nitrogens is 3. The van der Waals surface area contributed by atoms with E-state index in [0.29, 0.717) is 14.1 Å². The Morgan fingerprint density at radius 1 is 1.12 bits per heavy atom. The van der Waals surface area contributed by atoms with E-state index in [4.69, 9.17) is 4.62 Å². The third-order valence-electron chi connectivity index (χ3n) is 5.73. The zero-order chi connectivity index (χ0) is 23.6. The molecule has 0 saturated carbocycles. The molecule has 3 heterocycles. The van der Waals surface area contributed by atoms with E-state index in [0.717, 1.165) is 6.20 Å². The van der Waals surface area contributed by atoms with E-state index in [2.05, 4.69) is 10.3 Å². The van der Waals surface area contributed by atoms with Crippen molar-refractivity contribution < 1.29 is 35.6 Å². The molecule has 2 aromatic rings. The molecule has 0 aliphatic carbocycles. The van der Waals surface area contributed by atoms with Crippen molar-refractivity contribution in [3.8, 4) is 0 Å². The number of halogens is 6. The van der Waals surface area contributed by atoms with Crippen LogP contribution in [0.15, 0.2) is 36.5 Å². The van der Waals surface area contributed by atoms with Gasteiger partial charge in [0.1, 0.15) is 0 Å². The number of alkyl halides is 5. The molecule has 0 N–H and O–H groups in total. The van der Waals surface area contributed by atoms with Gasteiger partial charge in [-0.3, -0.25) is 0 Å². The van der Waals surface area contributed by atoms with Gasteiger partial charge in [0.15, 0.2) is 0 Å². The Balaban J connectivity index is 1.79. The number of carbonyl (C=O) groups excluding carboxylic acids is 1. The second-order valence-corrected chi connectivity index (χ2v) is 11.0. The van der Waals surface area contributed by atoms with E-state index < -0.39 is 47.7 Å². The van der Waals surface area contributed by atoms with Gasteiger partial charge in [0, 0.05) is 0 Å². The summed E-state index contributed by atoms with van der Waals surface area (Å²) in [5.41, 5.74) is -0.167. The van der Waals surface area contributed by atoms with E-state index in [1.165, 1.54) is 12.1 Å². The molecule has 2 aliphatic rings. The average molecular weight is 484 g/mol. The summed E-state index contributed by atoms with van der Waals surface area (Å²) >= 11 is 0. The number of likely N-dealkylation sites (N-methyl/N-ethyl adjacent to an activating group) is 2. The quantitative estimate of drug-likeness (QED) is 0.279. The van der Waals surface area contributed by atoms with Crippen LogP contribution < -0.4 is 4.62 Å². The predicted octanol–water partition coefficient (Wildman–Crippen LogP) is 3.49. The molecule has 1 aromatic carbocycles. The van der Waals surface area contributed by atoms with E-state index in [1.807, 2.05) is 0 Å². The first-order chi connectivity index (χ1) is 14.8. The van der Waals surface area contributed by atoms with Gasteiger partial charge in [-0.25, -0.2) is 0 Å². The molecular formula is C17H19F6N6O2P. The number of benzene rings is 1. The first-order valence-corrected chi connectivity index (χ1v) is 11.4. The van der Waals surface area contributed by atoms with Gasteiger partial charge in [-0.15, -0.1) is 0 Å². The molecule has 0 bridgehead atoms. The third kappa shape index (κ3) is 2.82. The molecule has 0 amide bonds. The van der Waals surface area contributed by atoms with Gasteiger partial charge in [0.25, 0.3) is 0 Å². The molecule has 176 valence electrons. The van der Waals surface area contributed by atoms with Gasteiger partial charge in [-0.1, -0.05) is 0 Å². The number of ketones is 1. The molecule has 1 aromatic heterocycles. The van der Waals surface area contributed by atoms with Crippen LogP contribution in [0, 0.1) is 0 Å². The van der Waals surface area contributed by atoms with Crippen molar-refractivity contribution in [2.24, 2.45) is 0 Å². The van der Waals surface area contributed by atoms with Crippen molar-refractivity contribution in [3.63, 3.8) is 0 Å². The van der Waals surface area contributed by atoms with Crippen LogP contribution in [0.3, 0.4) is 0 Å². The molecule has 1 unspecified atom stereocenters. The maximum absolute atomic E-state index is 17.0. The molecule has 2 fully saturated rings. The van der Waals surface area contributed by atoms with Crippen LogP contribution in [0.1, 0.15) is 28.9 Å². The van der Waals surface area contributed by atoms with Crippen LogP contribution in [0.4, 0.5) is 26.1 Å². The number of hydrogen-bond acceptors (Lipinski definition) is 7. The molecule has 15 heteroatoms. The number of carbonyl (C=O) groups is 1. The normalized spacial score (nSPS) is 28.2. The van der Waals surface area contributed by atoms with Gasteiger partial charge < -0.3 is 0 Å². The molecule has 0 radical (unpaired) electrons. The molecule has 1 atom stereocenters. The summed E-state index contributed by atoms with van der Waals surface area (Å²) in [5, 5.41) is 6.93. The van der Waals surface area contributed by atoms with Gasteiger partial charge in [-0.2, -0.15) is 0 Å². The second-order valence-electron chi connectivity index (χ2n) is 7.46. The summed E-state index contributed by atoms with van der Waals surface area (Å²) in [6.45, 7) is -0.458. The molecule has 4 rings (SSSR count). The topological polar surface area (TPSA) is 66.7 Å². The molecule has 0 spiro atoms. The second kappa shape index (κ2) is 7.11. The zero-order valence-corrected chi connectivity index (χ0v) is 17.8. The maximum atomic E-state index is 17.0. The fourth-order valence-electron chi connectivity index (χ4n) is 3.88. The van der Waals surface area contributed by atoms with Gasteiger partial charge in [0.05, 0.1) is 0 Å². The Labute approximate surface area is 178 Å². The molecule has 8 nitrogen and oxygen atoms in total. The third-order valence-corrected chi connectivity index (χ3v) is 10.0. The first-order valence-electron chi connectivity index (χ1n) is 9.47. The number of nitrogens with zero attached hydrogens (tertiary/aromatic N) is 6. The predicted molar refractivity (Wildman–Crippen MR) is 101 cm³/mol. The summed E-state index contributed by atoms with van der Waals surface area (Å²) in [6.07, 6.45) is -1.64. The fourth-order valence-corrected chi connectivity index (χ4v) is 7.75. The van der Waals surface area contributed by atoms with Crippen LogP contribution in [0.2, 0.25) is 0 Å². The minimum atomic E-state index is -6.72. The number of rotatable bonds is 5. The SMILES string of the molecule is CN1C(F)(F)C(F)(F)N(C)P1(F)(On1cc(C(=O)c2ccccc2)nn1)N1CCCC1F. The monoisotopic (exact) mass is 484 g/mol. The van der Waals surface area contributed by atoms with Crippen molar-refractivity contribution in [1.29, 1.82) is 0 Å². The number of hydrogen-bond donors (Lipinski definition) is 0. The van der Waals surface area contributed by atoms with E-state index in [1.54, 1.807) is 18.2 Å². The Kier molecular flexibility index (Phi) is 5.09. The zero-order valence-electron chi connectivity index (χ0n) is 16.9. The van der Waals surface area contributed by atoms with E-state index >= 15 is 4.20 Å². The Morgan fingerprint density at radius 3 is 2.25 bits per heavy atom. The van der Waals surface area contributed by atoms with Crippen molar-refractivity contribution >= 4 is 13.4 Å². The van der Waals surface area contributed by atoms with Crippen LogP contribution >= 0.6 is 7.59 Å². The summed E-state index contributed by atoms with van der Waals surface area (Å²) in [5.74, 6) is -0.656. The van der Waals surface area contributed by atoms with Crippen molar-refractivity contribution in [1.82, 2.24) is 29.2 Å². The van der Waals surface area contributed by atoms with Crippen LogP contribution in [0.25, 0.3) is 0 Å². The van der Waals surface area contributed by atoms with Gasteiger partial charge >= 0.3 is 178 Å². The standard InChI is InChI=1S/C17H19F6N6O2P/c1-26-16(19,20)17(21,22)27(2)32(26,23,28-10-6-9-14(28)18)31-29-11-13(24-25-29)15(30)12-7-4-3-5-8-12/h3-5,7-8,11,14H,6,9-10H2,1-2H3. The average Bonchev–Trinajstić information content (AvgIpc) is 3.43. The fraction of sp³-hybridized carbons (Fsp3) is 0.471. The first kappa shape index (κ1) is 22.9.